The van der Waals surface area contributed by atoms with Gasteiger partial charge in [0.2, 0.25) is 0 Å². The van der Waals surface area contributed by atoms with Crippen molar-refractivity contribution in [3.63, 3.8) is 0 Å². The lowest BCUT2D eigenvalue weighted by molar-refractivity contribution is -0.516. The van der Waals surface area contributed by atoms with E-state index in [0.717, 1.165) is 5.70 Å². The molecule has 114 valence electrons. The SMILES string of the molecule is CC(C)[N+]1=C2C=CC=CC2N2C1=CC=C1C=C(N)C=CC12.[Cl-]. The number of hydrogen-bond acceptors (Lipinski definition) is 2. The highest BCUT2D eigenvalue weighted by Crippen LogP contribution is 2.36. The zero-order chi connectivity index (χ0) is 14.6. The van der Waals surface area contributed by atoms with Crippen LogP contribution in [0.25, 0.3) is 0 Å². The van der Waals surface area contributed by atoms with Crippen molar-refractivity contribution in [1.82, 2.24) is 4.90 Å². The van der Waals surface area contributed by atoms with E-state index in [9.17, 15) is 0 Å². The number of hydrogen-bond donors (Lipinski definition) is 1. The van der Waals surface area contributed by atoms with Crippen LogP contribution in [0, 0.1) is 0 Å². The largest absolute Gasteiger partial charge is 1.00 e. The van der Waals surface area contributed by atoms with Gasteiger partial charge in [0, 0.05) is 17.3 Å². The van der Waals surface area contributed by atoms with E-state index in [4.69, 9.17) is 5.73 Å². The van der Waals surface area contributed by atoms with E-state index >= 15 is 0 Å². The second kappa shape index (κ2) is 5.33. The summed E-state index contributed by atoms with van der Waals surface area (Å²) in [5.74, 6) is 1.29. The van der Waals surface area contributed by atoms with Gasteiger partial charge in [-0.1, -0.05) is 12.2 Å². The van der Waals surface area contributed by atoms with Crippen LogP contribution in [0.15, 0.2) is 71.8 Å². The number of nitrogens with two attached hydrogens (primary N) is 1. The second-order valence-corrected chi connectivity index (χ2v) is 6.12. The third kappa shape index (κ3) is 2.00. The van der Waals surface area contributed by atoms with E-state index in [1.807, 2.05) is 6.08 Å². The molecule has 4 rings (SSSR count). The van der Waals surface area contributed by atoms with Crippen molar-refractivity contribution < 1.29 is 17.0 Å². The van der Waals surface area contributed by atoms with Crippen molar-refractivity contribution in [2.24, 2.45) is 5.73 Å². The zero-order valence-electron chi connectivity index (χ0n) is 12.8. The molecule has 0 radical (unpaired) electrons. The lowest BCUT2D eigenvalue weighted by Gasteiger charge is -2.31. The van der Waals surface area contributed by atoms with E-state index in [0.29, 0.717) is 12.1 Å². The molecule has 2 atom stereocenters. The molecule has 0 saturated carbocycles. The Balaban J connectivity index is 0.00000144. The summed E-state index contributed by atoms with van der Waals surface area (Å²) in [6.07, 6.45) is 19.5. The minimum atomic E-state index is 0. The molecule has 0 spiro atoms. The van der Waals surface area contributed by atoms with E-state index in [2.05, 4.69) is 71.9 Å². The van der Waals surface area contributed by atoms with Gasteiger partial charge in [0.15, 0.2) is 11.8 Å². The van der Waals surface area contributed by atoms with Crippen molar-refractivity contribution in [1.29, 1.82) is 0 Å². The molecule has 2 aliphatic carbocycles. The van der Waals surface area contributed by atoms with Crippen molar-refractivity contribution in [3.8, 4) is 0 Å². The van der Waals surface area contributed by atoms with Crippen LogP contribution in [0.3, 0.4) is 0 Å². The number of rotatable bonds is 1. The van der Waals surface area contributed by atoms with E-state index < -0.39 is 0 Å². The van der Waals surface area contributed by atoms with Crippen LogP contribution in [0.5, 0.6) is 0 Å². The third-order valence-electron chi connectivity index (χ3n) is 4.45. The highest BCUT2D eigenvalue weighted by Gasteiger charge is 2.48. The van der Waals surface area contributed by atoms with E-state index in [-0.39, 0.29) is 18.4 Å². The van der Waals surface area contributed by atoms with Crippen molar-refractivity contribution in [3.05, 3.63) is 71.8 Å². The molecule has 4 aliphatic rings. The molecule has 2 unspecified atom stereocenters. The Morgan fingerprint density at radius 3 is 2.68 bits per heavy atom. The Kier molecular flexibility index (Phi) is 3.61. The molecule has 3 nitrogen and oxygen atoms in total. The fourth-order valence-electron chi connectivity index (χ4n) is 3.63. The molecule has 4 heteroatoms. The Morgan fingerprint density at radius 2 is 1.91 bits per heavy atom. The first-order chi connectivity index (χ1) is 10.2. The molecular weight excluding hydrogens is 294 g/mol. The normalized spacial score (nSPS) is 27.8. The fourth-order valence-corrected chi connectivity index (χ4v) is 3.63. The maximum atomic E-state index is 5.94. The summed E-state index contributed by atoms with van der Waals surface area (Å²) < 4.78 is 2.44. The van der Waals surface area contributed by atoms with E-state index in [1.165, 1.54) is 17.1 Å². The number of fused-ring (bicyclic) bond motifs is 5. The quantitative estimate of drug-likeness (QED) is 0.645. The Bertz CT molecular complexity index is 717. The molecule has 2 N–H and O–H groups in total. The molecule has 22 heavy (non-hydrogen) atoms. The van der Waals surface area contributed by atoms with Gasteiger partial charge in [-0.2, -0.15) is 0 Å². The van der Waals surface area contributed by atoms with Gasteiger partial charge in [-0.05, 0) is 50.3 Å². The Morgan fingerprint density at radius 1 is 1.09 bits per heavy atom. The van der Waals surface area contributed by atoms with Crippen LogP contribution in [-0.2, 0) is 0 Å². The Labute approximate surface area is 137 Å². The summed E-state index contributed by atoms with van der Waals surface area (Å²) in [5, 5.41) is 0. The number of halogens is 1. The first-order valence-electron chi connectivity index (χ1n) is 7.53. The monoisotopic (exact) mass is 313 g/mol. The van der Waals surface area contributed by atoms with Gasteiger partial charge in [-0.15, -0.1) is 0 Å². The van der Waals surface area contributed by atoms with Crippen LogP contribution < -0.4 is 18.1 Å². The van der Waals surface area contributed by atoms with Gasteiger partial charge in [0.25, 0.3) is 5.82 Å². The minimum Gasteiger partial charge on any atom is -1.00 e. The highest BCUT2D eigenvalue weighted by atomic mass is 35.5. The first kappa shape index (κ1) is 14.9. The lowest BCUT2D eigenvalue weighted by atomic mass is 9.94. The number of allylic oxidation sites excluding steroid dienone is 5. The molecule has 0 fully saturated rings. The van der Waals surface area contributed by atoms with E-state index in [1.54, 1.807) is 0 Å². The first-order valence-corrected chi connectivity index (χ1v) is 7.53. The van der Waals surface area contributed by atoms with Crippen LogP contribution in [0.4, 0.5) is 0 Å². The predicted octanol–water partition coefficient (Wildman–Crippen LogP) is -0.775. The van der Waals surface area contributed by atoms with Crippen molar-refractivity contribution >= 4 is 5.71 Å². The standard InChI is InChI=1S/C18H20N3.ClH/c1-12(2)20-16-5-3-4-6-17(16)21-15-9-8-14(19)11-13(15)7-10-18(20)21;/h3-12,15,17H,19H2,1-2H3;1H/q+1;/p-1. The average Bonchev–Trinajstić information content (AvgIpc) is 2.81. The summed E-state index contributed by atoms with van der Waals surface area (Å²) in [6, 6.07) is 1.03. The second-order valence-electron chi connectivity index (χ2n) is 6.12. The van der Waals surface area contributed by atoms with Crippen molar-refractivity contribution in [2.45, 2.75) is 32.0 Å². The maximum Gasteiger partial charge on any atom is 0.278 e. The molecule has 0 bridgehead atoms. The van der Waals surface area contributed by atoms with Gasteiger partial charge in [0.05, 0.1) is 6.04 Å². The molecule has 0 aromatic rings. The molecule has 0 aromatic carbocycles. The lowest BCUT2D eigenvalue weighted by Crippen LogP contribution is -3.00. The van der Waals surface area contributed by atoms with Crippen LogP contribution in [-0.4, -0.2) is 33.3 Å². The van der Waals surface area contributed by atoms with Gasteiger partial charge in [-0.25, -0.2) is 9.48 Å². The van der Waals surface area contributed by atoms with Gasteiger partial charge >= 0.3 is 0 Å². The predicted molar refractivity (Wildman–Crippen MR) is 85.7 cm³/mol. The maximum absolute atomic E-state index is 5.94. The molecule has 2 aliphatic heterocycles. The topological polar surface area (TPSA) is 32.3 Å². The minimum absolute atomic E-state index is 0. The average molecular weight is 314 g/mol. The van der Waals surface area contributed by atoms with Crippen LogP contribution in [0.1, 0.15) is 13.8 Å². The van der Waals surface area contributed by atoms with Crippen LogP contribution >= 0.6 is 0 Å². The molecule has 2 heterocycles. The van der Waals surface area contributed by atoms with Crippen molar-refractivity contribution in [2.75, 3.05) is 0 Å². The summed E-state index contributed by atoms with van der Waals surface area (Å²) in [5.41, 5.74) is 9.41. The molecule has 0 amide bonds. The number of nitrogens with zero attached hydrogens (tertiary/aromatic N) is 2. The highest BCUT2D eigenvalue weighted by molar-refractivity contribution is 6.00. The molecule has 0 aromatic heterocycles. The summed E-state index contributed by atoms with van der Waals surface area (Å²) in [4.78, 5) is 2.49. The van der Waals surface area contributed by atoms with Gasteiger partial charge < -0.3 is 18.1 Å². The zero-order valence-corrected chi connectivity index (χ0v) is 13.5. The summed E-state index contributed by atoms with van der Waals surface area (Å²) >= 11 is 0. The smallest absolute Gasteiger partial charge is 0.278 e. The fraction of sp³-hybridized carbons (Fsp3) is 0.278. The molecule has 0 saturated heterocycles. The Hall–Kier alpha value is -2.00. The molecular formula is C18H20ClN3. The summed E-state index contributed by atoms with van der Waals surface area (Å²) in [6.45, 7) is 4.49. The summed E-state index contributed by atoms with van der Waals surface area (Å²) in [7, 11) is 0. The van der Waals surface area contributed by atoms with Crippen LogP contribution in [0.2, 0.25) is 0 Å². The van der Waals surface area contributed by atoms with Gasteiger partial charge in [-0.3, -0.25) is 0 Å². The third-order valence-corrected chi connectivity index (χ3v) is 4.45. The van der Waals surface area contributed by atoms with Gasteiger partial charge in [0.1, 0.15) is 6.04 Å².